The summed E-state index contributed by atoms with van der Waals surface area (Å²) in [7, 11) is 0. The number of nitrogens with one attached hydrogen (secondary N) is 1. The zero-order valence-electron chi connectivity index (χ0n) is 12.7. The average Bonchev–Trinajstić information content (AvgIpc) is 2.50. The minimum absolute atomic E-state index is 0.129. The summed E-state index contributed by atoms with van der Waals surface area (Å²) in [5, 5.41) is 3.50. The Morgan fingerprint density at radius 1 is 1.14 bits per heavy atom. The van der Waals surface area contributed by atoms with E-state index in [2.05, 4.69) is 15.1 Å². The molecule has 0 radical (unpaired) electrons. The van der Waals surface area contributed by atoms with Gasteiger partial charge in [0.2, 0.25) is 0 Å². The van der Waals surface area contributed by atoms with Crippen LogP contribution in [0, 0.1) is 11.7 Å². The summed E-state index contributed by atoms with van der Waals surface area (Å²) in [5.74, 6) is 0.699. The van der Waals surface area contributed by atoms with Crippen molar-refractivity contribution in [1.29, 1.82) is 0 Å². The first-order valence-electron chi connectivity index (χ1n) is 8.19. The fraction of sp³-hybridized carbons (Fsp3) is 0.647. The molecule has 21 heavy (non-hydrogen) atoms. The van der Waals surface area contributed by atoms with E-state index in [4.69, 9.17) is 0 Å². The number of benzene rings is 1. The highest BCUT2D eigenvalue weighted by Gasteiger charge is 2.21. The Kier molecular flexibility index (Phi) is 5.22. The van der Waals surface area contributed by atoms with Gasteiger partial charge in [-0.1, -0.05) is 12.1 Å². The van der Waals surface area contributed by atoms with Crippen molar-refractivity contribution in [3.8, 4) is 0 Å². The molecule has 2 fully saturated rings. The van der Waals surface area contributed by atoms with Gasteiger partial charge in [-0.15, -0.1) is 0 Å². The van der Waals surface area contributed by atoms with Crippen molar-refractivity contribution < 1.29 is 4.39 Å². The summed E-state index contributed by atoms with van der Waals surface area (Å²) in [6, 6.07) is 6.99. The number of piperazine rings is 1. The van der Waals surface area contributed by atoms with E-state index in [-0.39, 0.29) is 5.82 Å². The zero-order valence-corrected chi connectivity index (χ0v) is 12.7. The number of hydrogen-bond acceptors (Lipinski definition) is 3. The molecule has 2 saturated heterocycles. The van der Waals surface area contributed by atoms with E-state index in [0.717, 1.165) is 44.2 Å². The van der Waals surface area contributed by atoms with E-state index < -0.39 is 0 Å². The summed E-state index contributed by atoms with van der Waals surface area (Å²) in [5.41, 5.74) is 1.08. The third-order valence-electron chi connectivity index (χ3n) is 4.68. The Hall–Kier alpha value is -0.970. The third-order valence-corrected chi connectivity index (χ3v) is 4.68. The maximum absolute atomic E-state index is 13.2. The van der Waals surface area contributed by atoms with Crippen molar-refractivity contribution >= 4 is 0 Å². The van der Waals surface area contributed by atoms with Crippen LogP contribution < -0.4 is 5.32 Å². The highest BCUT2D eigenvalue weighted by atomic mass is 19.1. The molecule has 4 heteroatoms. The lowest BCUT2D eigenvalue weighted by Gasteiger charge is -2.37. The summed E-state index contributed by atoms with van der Waals surface area (Å²) >= 11 is 0. The lowest BCUT2D eigenvalue weighted by Crippen LogP contribution is -2.48. The van der Waals surface area contributed by atoms with Crippen LogP contribution in [0.15, 0.2) is 24.3 Å². The van der Waals surface area contributed by atoms with Gasteiger partial charge in [-0.2, -0.15) is 0 Å². The minimum Gasteiger partial charge on any atom is -0.316 e. The van der Waals surface area contributed by atoms with Gasteiger partial charge < -0.3 is 10.2 Å². The number of rotatable bonds is 4. The highest BCUT2D eigenvalue weighted by Crippen LogP contribution is 2.14. The lowest BCUT2D eigenvalue weighted by molar-refractivity contribution is 0.108. The van der Waals surface area contributed by atoms with E-state index in [0.29, 0.717) is 0 Å². The van der Waals surface area contributed by atoms with Crippen molar-refractivity contribution in [3.63, 3.8) is 0 Å². The van der Waals surface area contributed by atoms with Gasteiger partial charge in [0, 0.05) is 39.3 Å². The van der Waals surface area contributed by atoms with Crippen LogP contribution in [-0.4, -0.2) is 55.6 Å². The molecule has 3 rings (SSSR count). The fourth-order valence-corrected chi connectivity index (χ4v) is 3.47. The molecular weight excluding hydrogens is 265 g/mol. The van der Waals surface area contributed by atoms with Gasteiger partial charge in [0.05, 0.1) is 0 Å². The van der Waals surface area contributed by atoms with Crippen LogP contribution in [0.2, 0.25) is 0 Å². The fourth-order valence-electron chi connectivity index (χ4n) is 3.47. The Morgan fingerprint density at radius 2 is 1.95 bits per heavy atom. The molecule has 0 spiro atoms. The van der Waals surface area contributed by atoms with Gasteiger partial charge in [-0.05, 0) is 49.5 Å². The SMILES string of the molecule is Fc1cccc(CN2CCN(CC3CCCNC3)CC2)c1. The monoisotopic (exact) mass is 291 g/mol. The van der Waals surface area contributed by atoms with Crippen LogP contribution in [0.1, 0.15) is 18.4 Å². The molecule has 1 N–H and O–H groups in total. The Labute approximate surface area is 127 Å². The Balaban J connectivity index is 1.42. The van der Waals surface area contributed by atoms with Crippen LogP contribution >= 0.6 is 0 Å². The smallest absolute Gasteiger partial charge is 0.123 e. The molecule has 0 aliphatic carbocycles. The third kappa shape index (κ3) is 4.50. The molecule has 2 aliphatic heterocycles. The summed E-state index contributed by atoms with van der Waals surface area (Å²) in [6.45, 7) is 8.96. The van der Waals surface area contributed by atoms with Gasteiger partial charge in [-0.25, -0.2) is 4.39 Å². The summed E-state index contributed by atoms with van der Waals surface area (Å²) < 4.78 is 13.2. The molecule has 2 heterocycles. The number of hydrogen-bond donors (Lipinski definition) is 1. The summed E-state index contributed by atoms with van der Waals surface area (Å²) in [4.78, 5) is 5.03. The molecule has 0 bridgehead atoms. The van der Waals surface area contributed by atoms with E-state index in [1.165, 1.54) is 38.5 Å². The van der Waals surface area contributed by atoms with E-state index in [1.54, 1.807) is 12.1 Å². The van der Waals surface area contributed by atoms with Gasteiger partial charge in [0.25, 0.3) is 0 Å². The first kappa shape index (κ1) is 14.9. The van der Waals surface area contributed by atoms with Crippen LogP contribution in [0.5, 0.6) is 0 Å². The van der Waals surface area contributed by atoms with Crippen molar-refractivity contribution in [1.82, 2.24) is 15.1 Å². The van der Waals surface area contributed by atoms with Crippen molar-refractivity contribution in [2.75, 3.05) is 45.8 Å². The molecule has 1 atom stereocenters. The molecule has 2 aliphatic rings. The Morgan fingerprint density at radius 3 is 2.67 bits per heavy atom. The lowest BCUT2D eigenvalue weighted by atomic mass is 9.99. The highest BCUT2D eigenvalue weighted by molar-refractivity contribution is 5.16. The topological polar surface area (TPSA) is 18.5 Å². The van der Waals surface area contributed by atoms with Crippen LogP contribution in [0.3, 0.4) is 0 Å². The van der Waals surface area contributed by atoms with Gasteiger partial charge in [0.15, 0.2) is 0 Å². The maximum Gasteiger partial charge on any atom is 0.123 e. The average molecular weight is 291 g/mol. The number of piperidine rings is 1. The molecule has 3 nitrogen and oxygen atoms in total. The normalized spacial score (nSPS) is 25.1. The molecule has 1 unspecified atom stereocenters. The van der Waals surface area contributed by atoms with Gasteiger partial charge in [-0.3, -0.25) is 4.90 Å². The predicted octanol–water partition coefficient (Wildman–Crippen LogP) is 1.94. The van der Waals surface area contributed by atoms with Gasteiger partial charge in [0.1, 0.15) is 5.82 Å². The number of nitrogens with zero attached hydrogens (tertiary/aromatic N) is 2. The first-order chi connectivity index (χ1) is 10.3. The predicted molar refractivity (Wildman–Crippen MR) is 83.7 cm³/mol. The molecule has 0 saturated carbocycles. The second kappa shape index (κ2) is 7.34. The van der Waals surface area contributed by atoms with Crippen LogP contribution in [0.4, 0.5) is 4.39 Å². The van der Waals surface area contributed by atoms with E-state index in [9.17, 15) is 4.39 Å². The molecular formula is C17H26FN3. The second-order valence-electron chi connectivity index (χ2n) is 6.42. The quantitative estimate of drug-likeness (QED) is 0.914. The van der Waals surface area contributed by atoms with Gasteiger partial charge >= 0.3 is 0 Å². The Bertz CT molecular complexity index is 437. The van der Waals surface area contributed by atoms with Crippen LogP contribution in [0.25, 0.3) is 0 Å². The second-order valence-corrected chi connectivity index (χ2v) is 6.42. The molecule has 0 amide bonds. The number of halogens is 1. The largest absolute Gasteiger partial charge is 0.316 e. The standard InChI is InChI=1S/C17H26FN3/c18-17-5-1-3-15(11-17)13-20-7-9-21(10-8-20)14-16-4-2-6-19-12-16/h1,3,5,11,16,19H,2,4,6-10,12-14H2. The molecule has 1 aromatic carbocycles. The van der Waals surface area contributed by atoms with Crippen LogP contribution in [-0.2, 0) is 6.54 Å². The molecule has 116 valence electrons. The van der Waals surface area contributed by atoms with E-state index >= 15 is 0 Å². The van der Waals surface area contributed by atoms with Crippen molar-refractivity contribution in [2.24, 2.45) is 5.92 Å². The minimum atomic E-state index is -0.129. The molecule has 0 aromatic heterocycles. The first-order valence-corrected chi connectivity index (χ1v) is 8.19. The molecule has 1 aromatic rings. The summed E-state index contributed by atoms with van der Waals surface area (Å²) in [6.07, 6.45) is 2.70. The maximum atomic E-state index is 13.2. The van der Waals surface area contributed by atoms with E-state index in [1.807, 2.05) is 6.07 Å². The van der Waals surface area contributed by atoms with Crippen molar-refractivity contribution in [3.05, 3.63) is 35.6 Å². The zero-order chi connectivity index (χ0) is 14.5. The van der Waals surface area contributed by atoms with Crippen molar-refractivity contribution in [2.45, 2.75) is 19.4 Å².